The van der Waals surface area contributed by atoms with Crippen molar-refractivity contribution in [3.05, 3.63) is 0 Å². The lowest BCUT2D eigenvalue weighted by Crippen LogP contribution is -2.62. The highest BCUT2D eigenvalue weighted by Crippen LogP contribution is 2.71. The molecule has 0 aromatic rings. The van der Waals surface area contributed by atoms with Gasteiger partial charge in [0.05, 0.1) is 9.49 Å². The fraction of sp³-hybridized carbons (Fsp3) is 0.926. The van der Waals surface area contributed by atoms with Crippen molar-refractivity contribution < 1.29 is 27.8 Å². The third kappa shape index (κ3) is 3.72. The maximum absolute atomic E-state index is 13.6. The topological polar surface area (TPSA) is 52.6 Å². The molecule has 194 valence electrons. The first kappa shape index (κ1) is 23.6. The number of halogens is 2. The lowest BCUT2D eigenvalue weighted by atomic mass is 9.49. The fourth-order valence-electron chi connectivity index (χ4n) is 10.0. The Labute approximate surface area is 214 Å². The van der Waals surface area contributed by atoms with Gasteiger partial charge in [0.15, 0.2) is 0 Å². The third-order valence-electron chi connectivity index (χ3n) is 10.7. The Kier molecular flexibility index (Phi) is 5.24. The number of rotatable bonds is 5. The highest BCUT2D eigenvalue weighted by Gasteiger charge is 2.66. The maximum Gasteiger partial charge on any atom is 0.377 e. The number of ether oxygens (including phenoxy) is 2. The molecule has 35 heavy (non-hydrogen) atoms. The lowest BCUT2D eigenvalue weighted by Gasteiger charge is -2.63. The molecule has 9 rings (SSSR count). The van der Waals surface area contributed by atoms with Crippen molar-refractivity contribution in [2.75, 3.05) is 12.4 Å². The van der Waals surface area contributed by atoms with E-state index >= 15 is 0 Å². The van der Waals surface area contributed by atoms with Crippen LogP contribution >= 0.6 is 23.5 Å². The molecule has 1 saturated heterocycles. The van der Waals surface area contributed by atoms with E-state index < -0.39 is 17.5 Å². The van der Waals surface area contributed by atoms with E-state index in [1.54, 1.807) is 0 Å². The van der Waals surface area contributed by atoms with Crippen molar-refractivity contribution >= 4 is 35.5 Å². The van der Waals surface area contributed by atoms with Crippen LogP contribution in [-0.4, -0.2) is 45.2 Å². The van der Waals surface area contributed by atoms with E-state index in [0.717, 1.165) is 62.0 Å². The molecule has 0 N–H and O–H groups in total. The average Bonchev–Trinajstić information content (AvgIpc) is 3.19. The van der Waals surface area contributed by atoms with Gasteiger partial charge < -0.3 is 9.47 Å². The van der Waals surface area contributed by atoms with Crippen molar-refractivity contribution in [3.8, 4) is 0 Å². The quantitative estimate of drug-likeness (QED) is 0.406. The second-order valence-electron chi connectivity index (χ2n) is 13.4. The molecule has 0 aromatic heterocycles. The maximum atomic E-state index is 13.6. The van der Waals surface area contributed by atoms with Crippen LogP contribution in [0.1, 0.15) is 77.6 Å². The molecule has 9 fully saturated rings. The average molecular weight is 527 g/mol. The monoisotopic (exact) mass is 526 g/mol. The third-order valence-corrected chi connectivity index (χ3v) is 14.9. The van der Waals surface area contributed by atoms with Gasteiger partial charge in [-0.25, -0.2) is 4.79 Å². The predicted molar refractivity (Wildman–Crippen MR) is 131 cm³/mol. The summed E-state index contributed by atoms with van der Waals surface area (Å²) >= 11 is 3.99. The van der Waals surface area contributed by atoms with Crippen LogP contribution in [0.4, 0.5) is 8.78 Å². The Bertz CT molecular complexity index is 881. The number of carbonyl (C=O) groups is 2. The van der Waals surface area contributed by atoms with Crippen LogP contribution in [0.5, 0.6) is 0 Å². The largest absolute Gasteiger partial charge is 0.464 e. The van der Waals surface area contributed by atoms with Gasteiger partial charge in [-0.2, -0.15) is 8.78 Å². The highest BCUT2D eigenvalue weighted by molar-refractivity contribution is 8.21. The van der Waals surface area contributed by atoms with E-state index in [1.165, 1.54) is 19.3 Å². The van der Waals surface area contributed by atoms with E-state index in [-0.39, 0.29) is 20.7 Å². The summed E-state index contributed by atoms with van der Waals surface area (Å²) in [7, 11) is 0. The molecule has 8 bridgehead atoms. The molecule has 8 aliphatic carbocycles. The van der Waals surface area contributed by atoms with Crippen LogP contribution < -0.4 is 0 Å². The minimum absolute atomic E-state index is 0.0549. The van der Waals surface area contributed by atoms with Crippen LogP contribution in [0.3, 0.4) is 0 Å². The molecule has 3 unspecified atom stereocenters. The number of alkyl halides is 2. The van der Waals surface area contributed by atoms with Gasteiger partial charge >= 0.3 is 17.9 Å². The molecule has 1 spiro atoms. The summed E-state index contributed by atoms with van der Waals surface area (Å²) in [5.74, 6) is -0.377. The molecular weight excluding hydrogens is 490 g/mol. The first-order chi connectivity index (χ1) is 16.6. The molecule has 8 saturated carbocycles. The van der Waals surface area contributed by atoms with Crippen molar-refractivity contribution in [2.24, 2.45) is 40.9 Å². The molecule has 0 aromatic carbocycles. The van der Waals surface area contributed by atoms with Crippen LogP contribution in [0.2, 0.25) is 0 Å². The van der Waals surface area contributed by atoms with Crippen LogP contribution in [-0.2, 0) is 19.1 Å². The van der Waals surface area contributed by atoms with Crippen molar-refractivity contribution in [2.45, 2.75) is 98.4 Å². The van der Waals surface area contributed by atoms with Gasteiger partial charge in [-0.1, -0.05) is 0 Å². The number of hydrogen-bond acceptors (Lipinski definition) is 6. The minimum Gasteiger partial charge on any atom is -0.464 e. The molecule has 3 atom stereocenters. The molecular formula is C27H36F2O4S2. The second kappa shape index (κ2) is 7.77. The Morgan fingerprint density at radius 1 is 0.886 bits per heavy atom. The summed E-state index contributed by atoms with van der Waals surface area (Å²) in [4.78, 5) is 25.4. The van der Waals surface area contributed by atoms with Gasteiger partial charge in [0.2, 0.25) is 0 Å². The molecule has 4 nitrogen and oxygen atoms in total. The van der Waals surface area contributed by atoms with Crippen LogP contribution in [0.15, 0.2) is 0 Å². The summed E-state index contributed by atoms with van der Waals surface area (Å²) in [6.45, 7) is 1.13. The molecule has 1 aliphatic heterocycles. The first-order valence-corrected chi connectivity index (χ1v) is 15.5. The Balaban J connectivity index is 1.00. The highest BCUT2D eigenvalue weighted by atomic mass is 32.2. The molecule has 0 amide bonds. The van der Waals surface area contributed by atoms with Gasteiger partial charge in [0.1, 0.15) is 12.2 Å². The molecule has 1 heterocycles. The van der Waals surface area contributed by atoms with Gasteiger partial charge in [0.25, 0.3) is 0 Å². The first-order valence-electron chi connectivity index (χ1n) is 13.7. The number of esters is 2. The number of thioether (sulfide) groups is 2. The van der Waals surface area contributed by atoms with Crippen LogP contribution in [0, 0.1) is 40.9 Å². The van der Waals surface area contributed by atoms with Crippen LogP contribution in [0.25, 0.3) is 0 Å². The Morgan fingerprint density at radius 3 is 2.03 bits per heavy atom. The van der Waals surface area contributed by atoms with Crippen molar-refractivity contribution in [3.63, 3.8) is 0 Å². The lowest BCUT2D eigenvalue weighted by molar-refractivity contribution is -0.208. The zero-order valence-electron chi connectivity index (χ0n) is 20.4. The molecule has 0 radical (unpaired) electrons. The summed E-state index contributed by atoms with van der Waals surface area (Å²) in [6, 6.07) is 0. The van der Waals surface area contributed by atoms with Crippen molar-refractivity contribution in [1.82, 2.24) is 0 Å². The van der Waals surface area contributed by atoms with E-state index in [2.05, 4.69) is 0 Å². The standard InChI is InChI=1S/C27H36F2O4S2/c1-24(28,29)22(30)33-26-10-18-5-19(11-26)27(20(6-18)12-26)34-14-21(35-27)13-32-23(31)25-7-15-2-16(8-25)4-17(3-15)9-25/h15-21H,2-14H2,1H3. The smallest absolute Gasteiger partial charge is 0.377 e. The summed E-state index contributed by atoms with van der Waals surface area (Å²) in [5.41, 5.74) is -0.911. The SMILES string of the molecule is CC(F)(F)C(=O)OC12CC3CC(C1)C1(SCC(COC(=O)C45CC6CC(CC(C6)C4)C5)S1)C(C3)C2. The van der Waals surface area contributed by atoms with Gasteiger partial charge in [-0.05, 0) is 106 Å². The summed E-state index contributed by atoms with van der Waals surface area (Å²) in [5, 5.41) is 0.286. The summed E-state index contributed by atoms with van der Waals surface area (Å²) < 4.78 is 38.9. The molecule has 9 aliphatic rings. The van der Waals surface area contributed by atoms with E-state index in [1.807, 2.05) is 23.5 Å². The normalized spacial score (nSPS) is 51.2. The molecule has 8 heteroatoms. The van der Waals surface area contributed by atoms with Crippen molar-refractivity contribution in [1.29, 1.82) is 0 Å². The Morgan fingerprint density at radius 2 is 1.46 bits per heavy atom. The van der Waals surface area contributed by atoms with E-state index in [9.17, 15) is 18.4 Å². The zero-order valence-corrected chi connectivity index (χ0v) is 22.1. The zero-order chi connectivity index (χ0) is 24.2. The predicted octanol–water partition coefficient (Wildman–Crippen LogP) is 6.07. The minimum atomic E-state index is -3.44. The van der Waals surface area contributed by atoms with Gasteiger partial charge in [0, 0.05) is 17.9 Å². The van der Waals surface area contributed by atoms with Gasteiger partial charge in [-0.3, -0.25) is 4.79 Å². The second-order valence-corrected chi connectivity index (χ2v) is 16.5. The van der Waals surface area contributed by atoms with Gasteiger partial charge in [-0.15, -0.1) is 23.5 Å². The summed E-state index contributed by atoms with van der Waals surface area (Å²) in [6.07, 6.45) is 11.4. The Hall–Kier alpha value is -0.500. The van der Waals surface area contributed by atoms with E-state index in [4.69, 9.17) is 9.47 Å². The number of hydrogen-bond donors (Lipinski definition) is 0. The van der Waals surface area contributed by atoms with E-state index in [0.29, 0.717) is 44.1 Å². The number of carbonyl (C=O) groups excluding carboxylic acids is 2. The fourth-order valence-corrected chi connectivity index (χ4v) is 14.1.